The first-order valence-electron chi connectivity index (χ1n) is 11.4. The van der Waals surface area contributed by atoms with E-state index in [1.807, 2.05) is 0 Å². The minimum atomic E-state index is -2.65. The minimum Gasteiger partial charge on any atom is -0.508 e. The van der Waals surface area contributed by atoms with Gasteiger partial charge in [0.15, 0.2) is 11.4 Å². The minimum absolute atomic E-state index is 0.0389. The molecule has 1 aromatic carbocycles. The van der Waals surface area contributed by atoms with E-state index >= 15 is 0 Å². The Labute approximate surface area is 206 Å². The second-order valence-electron chi connectivity index (χ2n) is 9.68. The van der Waals surface area contributed by atoms with E-state index in [1.165, 1.54) is 11.0 Å². The summed E-state index contributed by atoms with van der Waals surface area (Å²) in [7, 11) is 3.13. The second-order valence-corrected chi connectivity index (χ2v) is 9.68. The van der Waals surface area contributed by atoms with E-state index in [0.717, 1.165) is 11.1 Å². The normalized spacial score (nSPS) is 27.6. The maximum Gasteiger partial charge on any atom is 0.255 e. The maximum atomic E-state index is 13.8. The molecule has 0 aliphatic heterocycles. The number of carbonyl (C=O) groups is 3. The van der Waals surface area contributed by atoms with E-state index in [4.69, 9.17) is 5.73 Å². The lowest BCUT2D eigenvalue weighted by atomic mass is 9.57. The highest BCUT2D eigenvalue weighted by Gasteiger charge is 2.64. The predicted molar refractivity (Wildman–Crippen MR) is 127 cm³/mol. The summed E-state index contributed by atoms with van der Waals surface area (Å²) < 4.78 is 0. The molecular weight excluding hydrogens is 466 g/mol. The van der Waals surface area contributed by atoms with Crippen molar-refractivity contribution in [3.63, 3.8) is 0 Å². The van der Waals surface area contributed by atoms with Gasteiger partial charge in [-0.3, -0.25) is 24.3 Å². The number of aromatic nitrogens is 1. The van der Waals surface area contributed by atoms with E-state index < -0.39 is 58.0 Å². The molecule has 0 radical (unpaired) electrons. The van der Waals surface area contributed by atoms with Crippen LogP contribution in [-0.4, -0.2) is 73.5 Å². The highest BCUT2D eigenvalue weighted by molar-refractivity contribution is 6.24. The third-order valence-electron chi connectivity index (χ3n) is 7.60. The van der Waals surface area contributed by atoms with Crippen molar-refractivity contribution in [3.8, 4) is 16.9 Å². The molecule has 1 fully saturated rings. The number of likely N-dealkylation sites (N-methyl/N-ethyl adjacent to an activating group) is 1. The average Bonchev–Trinajstić information content (AvgIpc) is 2.81. The molecule has 186 valence electrons. The topological polar surface area (TPSA) is 174 Å². The van der Waals surface area contributed by atoms with Crippen molar-refractivity contribution in [3.05, 3.63) is 64.7 Å². The van der Waals surface area contributed by atoms with Crippen LogP contribution < -0.4 is 5.73 Å². The Bertz CT molecular complexity index is 1400. The number of benzene rings is 1. The Morgan fingerprint density at radius 3 is 2.39 bits per heavy atom. The van der Waals surface area contributed by atoms with Gasteiger partial charge < -0.3 is 26.2 Å². The molecule has 5 rings (SSSR count). The fourth-order valence-corrected chi connectivity index (χ4v) is 6.05. The van der Waals surface area contributed by atoms with Gasteiger partial charge in [0.1, 0.15) is 22.8 Å². The number of aromatic hydroxyl groups is 1. The van der Waals surface area contributed by atoms with E-state index in [2.05, 4.69) is 4.98 Å². The van der Waals surface area contributed by atoms with Crippen molar-refractivity contribution < 1.29 is 34.8 Å². The van der Waals surface area contributed by atoms with Crippen molar-refractivity contribution in [2.75, 3.05) is 14.1 Å². The largest absolute Gasteiger partial charge is 0.508 e. The molecule has 10 heteroatoms. The molecule has 3 aliphatic rings. The first-order valence-corrected chi connectivity index (χ1v) is 11.4. The van der Waals surface area contributed by atoms with Crippen LogP contribution >= 0.6 is 0 Å². The Hall–Kier alpha value is -4.02. The number of Topliss-reactive ketones (excluding diaryl/α,β-unsaturated/α-hetero) is 2. The standard InChI is InChI=1S/C26H25N3O7/c1-29(2)20-15-10-12-9-14-13(11-5-7-28-8-6-11)3-4-16(30)18(14)21(31)17(12)23(33)26(15,36)24(34)19(22(20)32)25(27)35/h3-8,12,15,20,30-31,34,36H,9-10H2,1-2H3,(H2,27,35)/t12-,15-,20-,26-/m1/s1. The van der Waals surface area contributed by atoms with Crippen LogP contribution in [0.2, 0.25) is 0 Å². The van der Waals surface area contributed by atoms with Crippen LogP contribution in [0.3, 0.4) is 0 Å². The molecule has 10 nitrogen and oxygen atoms in total. The number of phenolic OH excluding ortho intramolecular Hbond substituents is 1. The van der Waals surface area contributed by atoms with Crippen molar-refractivity contribution in [2.45, 2.75) is 24.5 Å². The van der Waals surface area contributed by atoms with Gasteiger partial charge in [-0.1, -0.05) is 6.07 Å². The molecule has 1 saturated carbocycles. The molecule has 0 bridgehead atoms. The maximum absolute atomic E-state index is 13.8. The molecule has 1 heterocycles. The van der Waals surface area contributed by atoms with Crippen molar-refractivity contribution in [2.24, 2.45) is 17.6 Å². The number of amides is 1. The highest BCUT2D eigenvalue weighted by atomic mass is 16.3. The van der Waals surface area contributed by atoms with Gasteiger partial charge in [-0.15, -0.1) is 0 Å². The summed E-state index contributed by atoms with van der Waals surface area (Å²) in [4.78, 5) is 44.5. The van der Waals surface area contributed by atoms with Crippen LogP contribution in [0.1, 0.15) is 17.5 Å². The second kappa shape index (κ2) is 8.00. The third-order valence-corrected chi connectivity index (χ3v) is 7.60. The number of nitrogens with two attached hydrogens (primary N) is 1. The Morgan fingerprint density at radius 2 is 1.78 bits per heavy atom. The Morgan fingerprint density at radius 1 is 1.11 bits per heavy atom. The smallest absolute Gasteiger partial charge is 0.255 e. The lowest BCUT2D eigenvalue weighted by molar-refractivity contribution is -0.153. The molecule has 0 unspecified atom stereocenters. The number of hydrogen-bond donors (Lipinski definition) is 5. The molecular formula is C26H25N3O7. The lowest BCUT2D eigenvalue weighted by Gasteiger charge is -2.50. The van der Waals surface area contributed by atoms with E-state index in [0.29, 0.717) is 5.56 Å². The number of nitrogens with zero attached hydrogens (tertiary/aromatic N) is 2. The molecule has 1 aromatic heterocycles. The fourth-order valence-electron chi connectivity index (χ4n) is 6.05. The lowest BCUT2D eigenvalue weighted by Crippen LogP contribution is -2.65. The number of carbonyl (C=O) groups excluding carboxylic acids is 3. The molecule has 0 saturated heterocycles. The Balaban J connectivity index is 1.75. The summed E-state index contributed by atoms with van der Waals surface area (Å²) in [5, 5.41) is 44.4. The van der Waals surface area contributed by atoms with E-state index in [-0.39, 0.29) is 29.7 Å². The monoisotopic (exact) mass is 491 g/mol. The molecule has 0 spiro atoms. The summed E-state index contributed by atoms with van der Waals surface area (Å²) in [6, 6.07) is 5.56. The van der Waals surface area contributed by atoms with Gasteiger partial charge in [0.25, 0.3) is 5.91 Å². The van der Waals surface area contributed by atoms with Crippen LogP contribution in [0.4, 0.5) is 0 Å². The number of pyridine rings is 1. The van der Waals surface area contributed by atoms with Gasteiger partial charge >= 0.3 is 0 Å². The van der Waals surface area contributed by atoms with Crippen molar-refractivity contribution in [1.29, 1.82) is 0 Å². The molecule has 1 amide bonds. The summed E-state index contributed by atoms with van der Waals surface area (Å²) in [6.07, 6.45) is 3.49. The van der Waals surface area contributed by atoms with E-state index in [1.54, 1.807) is 44.7 Å². The SMILES string of the molecule is CN(C)[C@H]1C(=O)C(C(N)=O)=C(O)[C@]2(O)C(=O)C3=C(O)c4c(O)ccc(-c5ccncc5)c4C[C@@H]3C[C@H]12. The number of aliphatic hydroxyl groups is 3. The first-order chi connectivity index (χ1) is 17.0. The van der Waals surface area contributed by atoms with Gasteiger partial charge in [-0.25, -0.2) is 0 Å². The number of hydrogen-bond acceptors (Lipinski definition) is 9. The summed E-state index contributed by atoms with van der Waals surface area (Å²) in [5.41, 5.74) is 3.85. The molecule has 36 heavy (non-hydrogen) atoms. The van der Waals surface area contributed by atoms with Crippen LogP contribution in [0, 0.1) is 11.8 Å². The molecule has 4 atom stereocenters. The number of ketones is 2. The highest BCUT2D eigenvalue weighted by Crippen LogP contribution is 2.53. The van der Waals surface area contributed by atoms with Crippen LogP contribution in [0.25, 0.3) is 16.9 Å². The molecule has 2 aromatic rings. The number of aliphatic hydroxyl groups excluding tert-OH is 2. The third kappa shape index (κ3) is 3.04. The number of rotatable bonds is 3. The average molecular weight is 492 g/mol. The molecule has 3 aliphatic carbocycles. The van der Waals surface area contributed by atoms with Crippen molar-refractivity contribution in [1.82, 2.24) is 9.88 Å². The van der Waals surface area contributed by atoms with Gasteiger partial charge in [-0.2, -0.15) is 0 Å². The van der Waals surface area contributed by atoms with Gasteiger partial charge in [0.2, 0.25) is 5.78 Å². The quantitative estimate of drug-likeness (QED) is 0.393. The predicted octanol–water partition coefficient (Wildman–Crippen LogP) is 1.03. The zero-order valence-corrected chi connectivity index (χ0v) is 19.6. The van der Waals surface area contributed by atoms with E-state index in [9.17, 15) is 34.8 Å². The van der Waals surface area contributed by atoms with Crippen LogP contribution in [0.5, 0.6) is 5.75 Å². The van der Waals surface area contributed by atoms with Crippen LogP contribution in [-0.2, 0) is 20.8 Å². The number of phenols is 1. The summed E-state index contributed by atoms with van der Waals surface area (Å²) in [5.74, 6) is -6.69. The fraction of sp³-hybridized carbons (Fsp3) is 0.308. The van der Waals surface area contributed by atoms with Gasteiger partial charge in [-0.05, 0) is 67.7 Å². The number of primary amides is 1. The summed E-state index contributed by atoms with van der Waals surface area (Å²) >= 11 is 0. The zero-order chi connectivity index (χ0) is 26.1. The summed E-state index contributed by atoms with van der Waals surface area (Å²) in [6.45, 7) is 0. The van der Waals surface area contributed by atoms with Gasteiger partial charge in [0.05, 0.1) is 11.6 Å². The number of fused-ring (bicyclic) bond motifs is 3. The molecule has 6 N–H and O–H groups in total. The Kier molecular flexibility index (Phi) is 5.27. The van der Waals surface area contributed by atoms with Gasteiger partial charge in [0, 0.05) is 23.9 Å². The zero-order valence-electron chi connectivity index (χ0n) is 19.6. The first kappa shape index (κ1) is 23.7. The van der Waals surface area contributed by atoms with Crippen molar-refractivity contribution >= 4 is 23.2 Å². The van der Waals surface area contributed by atoms with Crippen LogP contribution in [0.15, 0.2) is 53.6 Å².